The highest BCUT2D eigenvalue weighted by molar-refractivity contribution is 4.95. The molecular formula is C13H22N2. The van der Waals surface area contributed by atoms with Crippen LogP contribution in [0.1, 0.15) is 46.0 Å². The maximum atomic E-state index is 8.63. The van der Waals surface area contributed by atoms with Crippen LogP contribution in [0.3, 0.4) is 0 Å². The van der Waals surface area contributed by atoms with Gasteiger partial charge in [0.15, 0.2) is 0 Å². The normalized spacial score (nSPS) is 37.5. The molecule has 0 heterocycles. The number of fused-ring (bicyclic) bond motifs is 2. The number of hydrogen-bond acceptors (Lipinski definition) is 2. The minimum absolute atomic E-state index is 0.351. The molecule has 2 saturated carbocycles. The summed E-state index contributed by atoms with van der Waals surface area (Å²) >= 11 is 0. The van der Waals surface area contributed by atoms with Gasteiger partial charge in [-0.25, -0.2) is 0 Å². The van der Waals surface area contributed by atoms with E-state index in [9.17, 15) is 0 Å². The first-order chi connectivity index (χ1) is 7.20. The van der Waals surface area contributed by atoms with Crippen LogP contribution >= 0.6 is 0 Å². The summed E-state index contributed by atoms with van der Waals surface area (Å²) in [5.74, 6) is 2.88. The Hall–Kier alpha value is -0.550. The predicted octanol–water partition coefficient (Wildman–Crippen LogP) is 2.70. The SMILES string of the molecule is CC(CC#N)NC(C)C1CC2CCC1C2. The largest absolute Gasteiger partial charge is 0.310 e. The first kappa shape index (κ1) is 11.0. The van der Waals surface area contributed by atoms with Crippen LogP contribution in [0.25, 0.3) is 0 Å². The summed E-state index contributed by atoms with van der Waals surface area (Å²) in [6.07, 6.45) is 6.46. The summed E-state index contributed by atoms with van der Waals surface area (Å²) in [4.78, 5) is 0. The average molecular weight is 206 g/mol. The van der Waals surface area contributed by atoms with Crippen molar-refractivity contribution in [2.75, 3.05) is 0 Å². The average Bonchev–Trinajstić information content (AvgIpc) is 2.78. The van der Waals surface area contributed by atoms with Gasteiger partial charge >= 0.3 is 0 Å². The van der Waals surface area contributed by atoms with E-state index >= 15 is 0 Å². The van der Waals surface area contributed by atoms with Crippen LogP contribution in [0, 0.1) is 29.1 Å². The second-order valence-corrected chi connectivity index (χ2v) is 5.56. The molecule has 5 atom stereocenters. The molecule has 1 N–H and O–H groups in total. The Morgan fingerprint density at radius 2 is 2.13 bits per heavy atom. The Labute approximate surface area is 93.0 Å². The Morgan fingerprint density at radius 3 is 2.67 bits per heavy atom. The van der Waals surface area contributed by atoms with E-state index in [1.54, 1.807) is 0 Å². The Kier molecular flexibility index (Phi) is 3.31. The molecule has 2 aliphatic rings. The zero-order chi connectivity index (χ0) is 10.8. The van der Waals surface area contributed by atoms with E-state index in [2.05, 4.69) is 25.2 Å². The number of nitriles is 1. The van der Waals surface area contributed by atoms with Crippen molar-refractivity contribution in [3.05, 3.63) is 0 Å². The van der Waals surface area contributed by atoms with E-state index in [1.165, 1.54) is 25.7 Å². The third-order valence-corrected chi connectivity index (χ3v) is 4.38. The van der Waals surface area contributed by atoms with Crippen molar-refractivity contribution in [1.82, 2.24) is 5.32 Å². The van der Waals surface area contributed by atoms with Gasteiger partial charge in [0, 0.05) is 12.1 Å². The van der Waals surface area contributed by atoms with Gasteiger partial charge in [0.2, 0.25) is 0 Å². The van der Waals surface area contributed by atoms with Gasteiger partial charge in [-0.2, -0.15) is 5.26 Å². The monoisotopic (exact) mass is 206 g/mol. The van der Waals surface area contributed by atoms with Crippen molar-refractivity contribution >= 4 is 0 Å². The lowest BCUT2D eigenvalue weighted by atomic mass is 9.83. The Balaban J connectivity index is 1.81. The molecule has 2 fully saturated rings. The second-order valence-electron chi connectivity index (χ2n) is 5.56. The molecule has 0 aromatic heterocycles. The van der Waals surface area contributed by atoms with Crippen LogP contribution in [0.5, 0.6) is 0 Å². The second kappa shape index (κ2) is 4.53. The first-order valence-electron chi connectivity index (χ1n) is 6.33. The lowest BCUT2D eigenvalue weighted by Crippen LogP contribution is -2.41. The maximum absolute atomic E-state index is 8.63. The smallest absolute Gasteiger partial charge is 0.0638 e. The minimum Gasteiger partial charge on any atom is -0.310 e. The fraction of sp³-hybridized carbons (Fsp3) is 0.923. The van der Waals surface area contributed by atoms with Crippen LogP contribution in [0.4, 0.5) is 0 Å². The van der Waals surface area contributed by atoms with Crippen LogP contribution in [-0.2, 0) is 0 Å². The molecule has 2 aliphatic carbocycles. The molecular weight excluding hydrogens is 184 g/mol. The fourth-order valence-corrected chi connectivity index (χ4v) is 3.67. The molecule has 2 heteroatoms. The molecule has 5 unspecified atom stereocenters. The van der Waals surface area contributed by atoms with Crippen molar-refractivity contribution in [2.24, 2.45) is 17.8 Å². The summed E-state index contributed by atoms with van der Waals surface area (Å²) in [7, 11) is 0. The van der Waals surface area contributed by atoms with Crippen LogP contribution in [0.15, 0.2) is 0 Å². The van der Waals surface area contributed by atoms with E-state index in [1.807, 2.05) is 0 Å². The van der Waals surface area contributed by atoms with Gasteiger partial charge in [-0.1, -0.05) is 6.42 Å². The van der Waals surface area contributed by atoms with Gasteiger partial charge in [0.1, 0.15) is 0 Å². The van der Waals surface area contributed by atoms with Crippen molar-refractivity contribution in [1.29, 1.82) is 5.26 Å². The maximum Gasteiger partial charge on any atom is 0.0638 e. The highest BCUT2D eigenvalue weighted by atomic mass is 14.9. The molecule has 84 valence electrons. The standard InChI is InChI=1S/C13H22N2/c1-9(5-6-14)15-10(2)13-8-11-3-4-12(13)7-11/h9-13,15H,3-5,7-8H2,1-2H3. The molecule has 0 aromatic carbocycles. The van der Waals surface area contributed by atoms with Crippen LogP contribution in [0.2, 0.25) is 0 Å². The van der Waals surface area contributed by atoms with Gasteiger partial charge in [0.25, 0.3) is 0 Å². The highest BCUT2D eigenvalue weighted by Gasteiger charge is 2.41. The molecule has 2 bridgehead atoms. The zero-order valence-electron chi connectivity index (χ0n) is 9.87. The lowest BCUT2D eigenvalue weighted by molar-refractivity contribution is 0.248. The van der Waals surface area contributed by atoms with Crippen molar-refractivity contribution in [3.63, 3.8) is 0 Å². The van der Waals surface area contributed by atoms with Crippen molar-refractivity contribution < 1.29 is 0 Å². The van der Waals surface area contributed by atoms with Gasteiger partial charge in [-0.3, -0.25) is 0 Å². The summed E-state index contributed by atoms with van der Waals surface area (Å²) < 4.78 is 0. The molecule has 0 radical (unpaired) electrons. The van der Waals surface area contributed by atoms with Crippen LogP contribution < -0.4 is 5.32 Å². The lowest BCUT2D eigenvalue weighted by Gasteiger charge is -2.30. The third-order valence-electron chi connectivity index (χ3n) is 4.38. The molecule has 2 nitrogen and oxygen atoms in total. The predicted molar refractivity (Wildman–Crippen MR) is 61.2 cm³/mol. The number of rotatable bonds is 4. The fourth-order valence-electron chi connectivity index (χ4n) is 3.67. The highest BCUT2D eigenvalue weighted by Crippen LogP contribution is 2.49. The molecule has 0 aromatic rings. The quantitative estimate of drug-likeness (QED) is 0.767. The zero-order valence-corrected chi connectivity index (χ0v) is 9.87. The molecule has 15 heavy (non-hydrogen) atoms. The number of hydrogen-bond donors (Lipinski definition) is 1. The number of nitrogens with zero attached hydrogens (tertiary/aromatic N) is 1. The molecule has 0 saturated heterocycles. The first-order valence-corrected chi connectivity index (χ1v) is 6.33. The summed E-state index contributed by atoms with van der Waals surface area (Å²) in [6.45, 7) is 4.42. The minimum atomic E-state index is 0.351. The van der Waals surface area contributed by atoms with E-state index < -0.39 is 0 Å². The van der Waals surface area contributed by atoms with Gasteiger partial charge in [-0.15, -0.1) is 0 Å². The third kappa shape index (κ3) is 2.34. The molecule has 0 amide bonds. The summed E-state index contributed by atoms with van der Waals surface area (Å²) in [5.41, 5.74) is 0. The van der Waals surface area contributed by atoms with Gasteiger partial charge < -0.3 is 5.32 Å². The van der Waals surface area contributed by atoms with E-state index in [-0.39, 0.29) is 0 Å². The van der Waals surface area contributed by atoms with Gasteiger partial charge in [0.05, 0.1) is 12.5 Å². The van der Waals surface area contributed by atoms with E-state index in [4.69, 9.17) is 5.26 Å². The van der Waals surface area contributed by atoms with E-state index in [0.29, 0.717) is 18.5 Å². The van der Waals surface area contributed by atoms with Crippen molar-refractivity contribution in [2.45, 2.75) is 58.0 Å². The Morgan fingerprint density at radius 1 is 1.33 bits per heavy atom. The topological polar surface area (TPSA) is 35.8 Å². The molecule has 0 spiro atoms. The molecule has 2 rings (SSSR count). The Bertz CT molecular complexity index is 256. The van der Waals surface area contributed by atoms with Gasteiger partial charge in [-0.05, 0) is 50.9 Å². The molecule has 0 aliphatic heterocycles. The summed E-state index contributed by atoms with van der Waals surface area (Å²) in [6, 6.07) is 3.19. The van der Waals surface area contributed by atoms with E-state index in [0.717, 1.165) is 17.8 Å². The van der Waals surface area contributed by atoms with Crippen LogP contribution in [-0.4, -0.2) is 12.1 Å². The summed E-state index contributed by atoms with van der Waals surface area (Å²) in [5, 5.41) is 12.2. The van der Waals surface area contributed by atoms with Crippen molar-refractivity contribution in [3.8, 4) is 6.07 Å². The number of nitrogens with one attached hydrogen (secondary N) is 1.